The quantitative estimate of drug-likeness (QED) is 0.682. The number of hydrogen-bond acceptors (Lipinski definition) is 1. The first kappa shape index (κ1) is 13.4. The van der Waals surface area contributed by atoms with Gasteiger partial charge in [-0.2, -0.15) is 0 Å². The first-order chi connectivity index (χ1) is 6.11. The van der Waals surface area contributed by atoms with Crippen molar-refractivity contribution in [2.75, 3.05) is 11.9 Å². The van der Waals surface area contributed by atoms with Crippen LogP contribution in [0.15, 0.2) is 0 Å². The monoisotopic (exact) mass is 249 g/mol. The Hall–Kier alpha value is 0.440. The number of nitrogens with one attached hydrogen (secondary N) is 1. The number of hydrogen-bond donors (Lipinski definition) is 1. The summed E-state index contributed by atoms with van der Waals surface area (Å²) in [7, 11) is 0. The zero-order chi connectivity index (χ0) is 10.3. The van der Waals surface area contributed by atoms with E-state index >= 15 is 0 Å². The lowest BCUT2D eigenvalue weighted by Gasteiger charge is -2.22. The van der Waals surface area contributed by atoms with Gasteiger partial charge in [0, 0.05) is 11.4 Å². The molecule has 0 spiro atoms. The van der Waals surface area contributed by atoms with Crippen molar-refractivity contribution < 1.29 is 0 Å². The third-order valence-corrected chi connectivity index (χ3v) is 3.18. The van der Waals surface area contributed by atoms with E-state index in [-0.39, 0.29) is 0 Å². The van der Waals surface area contributed by atoms with Crippen LogP contribution in [0.25, 0.3) is 0 Å². The molecule has 2 heteroatoms. The third kappa shape index (κ3) is 6.50. The van der Waals surface area contributed by atoms with Crippen LogP contribution < -0.4 is 5.32 Å². The highest BCUT2D eigenvalue weighted by Gasteiger charge is 2.11. The maximum atomic E-state index is 3.61. The Morgan fingerprint density at radius 2 is 1.85 bits per heavy atom. The maximum Gasteiger partial charge on any atom is 0.0188 e. The molecule has 80 valence electrons. The lowest BCUT2D eigenvalue weighted by atomic mass is 10.0. The molecular weight excluding hydrogens is 226 g/mol. The van der Waals surface area contributed by atoms with Crippen LogP contribution in [0.5, 0.6) is 0 Å². The molecule has 0 aromatic heterocycles. The molecule has 0 saturated heterocycles. The zero-order valence-corrected chi connectivity index (χ0v) is 11.0. The normalized spacial score (nSPS) is 16.2. The molecule has 2 atom stereocenters. The van der Waals surface area contributed by atoms with Crippen molar-refractivity contribution in [2.45, 2.75) is 46.6 Å². The highest BCUT2D eigenvalue weighted by atomic mass is 79.9. The minimum absolute atomic E-state index is 0.624. The first-order valence-corrected chi connectivity index (χ1v) is 6.53. The molecule has 0 fully saturated rings. The van der Waals surface area contributed by atoms with Crippen molar-refractivity contribution in [3.63, 3.8) is 0 Å². The summed E-state index contributed by atoms with van der Waals surface area (Å²) < 4.78 is 0. The summed E-state index contributed by atoms with van der Waals surface area (Å²) in [6.07, 6.45) is 2.63. The summed E-state index contributed by atoms with van der Waals surface area (Å²) in [4.78, 5) is 0. The summed E-state index contributed by atoms with van der Waals surface area (Å²) in [5.41, 5.74) is 0. The second-order valence-corrected chi connectivity index (χ2v) is 4.95. The second-order valence-electron chi connectivity index (χ2n) is 4.31. The molecule has 2 unspecified atom stereocenters. The van der Waals surface area contributed by atoms with E-state index in [0.29, 0.717) is 12.0 Å². The van der Waals surface area contributed by atoms with Crippen LogP contribution in [0.3, 0.4) is 0 Å². The van der Waals surface area contributed by atoms with Crippen molar-refractivity contribution in [2.24, 2.45) is 11.8 Å². The summed E-state index contributed by atoms with van der Waals surface area (Å²) in [5.74, 6) is 1.53. The molecule has 0 rings (SSSR count). The van der Waals surface area contributed by atoms with Gasteiger partial charge in [-0.05, 0) is 24.8 Å². The largest absolute Gasteiger partial charge is 0.313 e. The highest BCUT2D eigenvalue weighted by molar-refractivity contribution is 9.09. The number of halogens is 1. The Morgan fingerprint density at radius 1 is 1.23 bits per heavy atom. The minimum atomic E-state index is 0.624. The molecule has 0 bridgehead atoms. The fourth-order valence-corrected chi connectivity index (χ4v) is 2.39. The molecule has 0 amide bonds. The van der Waals surface area contributed by atoms with Crippen molar-refractivity contribution in [1.29, 1.82) is 0 Å². The Bertz CT molecular complexity index is 115. The van der Waals surface area contributed by atoms with Crippen LogP contribution in [0, 0.1) is 11.8 Å². The Labute approximate surface area is 91.8 Å². The lowest BCUT2D eigenvalue weighted by molar-refractivity contribution is 0.386. The zero-order valence-electron chi connectivity index (χ0n) is 9.44. The predicted octanol–water partition coefficient (Wildman–Crippen LogP) is 3.43. The summed E-state index contributed by atoms with van der Waals surface area (Å²) in [6, 6.07) is 0.624. The van der Waals surface area contributed by atoms with Gasteiger partial charge in [-0.15, -0.1) is 0 Å². The van der Waals surface area contributed by atoms with Gasteiger partial charge in [-0.1, -0.05) is 50.0 Å². The Kier molecular flexibility index (Phi) is 8.07. The molecule has 0 saturated carbocycles. The van der Waals surface area contributed by atoms with Crippen molar-refractivity contribution in [3.05, 3.63) is 0 Å². The van der Waals surface area contributed by atoms with Crippen LogP contribution in [-0.2, 0) is 0 Å². The standard InChI is InChI=1S/C11H24BrN/c1-5-6-10(4)8-13-11(7-12)9(2)3/h9-11,13H,5-8H2,1-4H3. The van der Waals surface area contributed by atoms with Crippen LogP contribution in [0.2, 0.25) is 0 Å². The van der Waals surface area contributed by atoms with E-state index in [4.69, 9.17) is 0 Å². The van der Waals surface area contributed by atoms with Gasteiger partial charge in [0.1, 0.15) is 0 Å². The molecule has 0 aliphatic rings. The van der Waals surface area contributed by atoms with Gasteiger partial charge in [0.05, 0.1) is 0 Å². The van der Waals surface area contributed by atoms with Crippen LogP contribution in [0.4, 0.5) is 0 Å². The summed E-state index contributed by atoms with van der Waals surface area (Å²) >= 11 is 3.54. The maximum absolute atomic E-state index is 3.61. The van der Waals surface area contributed by atoms with Gasteiger partial charge in [-0.25, -0.2) is 0 Å². The van der Waals surface area contributed by atoms with E-state index in [2.05, 4.69) is 48.9 Å². The molecule has 0 radical (unpaired) electrons. The van der Waals surface area contributed by atoms with E-state index in [0.717, 1.165) is 17.8 Å². The van der Waals surface area contributed by atoms with E-state index in [1.807, 2.05) is 0 Å². The molecular formula is C11H24BrN. The highest BCUT2D eigenvalue weighted by Crippen LogP contribution is 2.08. The average Bonchev–Trinajstić information content (AvgIpc) is 2.05. The Balaban J connectivity index is 3.59. The summed E-state index contributed by atoms with van der Waals surface area (Å²) in [6.45, 7) is 10.3. The van der Waals surface area contributed by atoms with Gasteiger partial charge in [0.25, 0.3) is 0 Å². The van der Waals surface area contributed by atoms with E-state index < -0.39 is 0 Å². The van der Waals surface area contributed by atoms with Gasteiger partial charge in [0.15, 0.2) is 0 Å². The smallest absolute Gasteiger partial charge is 0.0188 e. The SMILES string of the molecule is CCCC(C)CNC(CBr)C(C)C. The fourth-order valence-electron chi connectivity index (χ4n) is 1.42. The lowest BCUT2D eigenvalue weighted by Crippen LogP contribution is -2.37. The molecule has 0 aromatic rings. The predicted molar refractivity (Wildman–Crippen MR) is 64.5 cm³/mol. The van der Waals surface area contributed by atoms with Crippen LogP contribution in [-0.4, -0.2) is 17.9 Å². The molecule has 0 heterocycles. The van der Waals surface area contributed by atoms with Gasteiger partial charge in [0.2, 0.25) is 0 Å². The van der Waals surface area contributed by atoms with Gasteiger partial charge >= 0.3 is 0 Å². The molecule has 1 N–H and O–H groups in total. The molecule has 0 aromatic carbocycles. The van der Waals surface area contributed by atoms with Crippen molar-refractivity contribution >= 4 is 15.9 Å². The number of alkyl halides is 1. The third-order valence-electron chi connectivity index (χ3n) is 2.48. The van der Waals surface area contributed by atoms with Crippen LogP contribution >= 0.6 is 15.9 Å². The van der Waals surface area contributed by atoms with E-state index in [1.165, 1.54) is 12.8 Å². The fraction of sp³-hybridized carbons (Fsp3) is 1.00. The van der Waals surface area contributed by atoms with Gasteiger partial charge < -0.3 is 5.32 Å². The topological polar surface area (TPSA) is 12.0 Å². The van der Waals surface area contributed by atoms with E-state index in [9.17, 15) is 0 Å². The van der Waals surface area contributed by atoms with Crippen LogP contribution in [0.1, 0.15) is 40.5 Å². The molecule has 1 nitrogen and oxygen atoms in total. The average molecular weight is 250 g/mol. The molecule has 0 aliphatic carbocycles. The molecule has 13 heavy (non-hydrogen) atoms. The Morgan fingerprint density at radius 3 is 2.23 bits per heavy atom. The first-order valence-electron chi connectivity index (χ1n) is 5.41. The van der Waals surface area contributed by atoms with Crippen molar-refractivity contribution in [3.8, 4) is 0 Å². The van der Waals surface area contributed by atoms with Gasteiger partial charge in [-0.3, -0.25) is 0 Å². The minimum Gasteiger partial charge on any atom is -0.313 e. The van der Waals surface area contributed by atoms with E-state index in [1.54, 1.807) is 0 Å². The number of rotatable bonds is 7. The summed E-state index contributed by atoms with van der Waals surface area (Å²) in [5, 5.41) is 4.67. The molecule has 0 aliphatic heterocycles. The second kappa shape index (κ2) is 7.81. The van der Waals surface area contributed by atoms with Crippen molar-refractivity contribution in [1.82, 2.24) is 5.32 Å².